The zero-order valence-corrected chi connectivity index (χ0v) is 25.5. The highest BCUT2D eigenvalue weighted by Crippen LogP contribution is 2.35. The molecule has 1 aromatic heterocycles. The monoisotopic (exact) mass is 574 g/mol. The second-order valence-electron chi connectivity index (χ2n) is 11.5. The van der Waals surface area contributed by atoms with Gasteiger partial charge in [-0.05, 0) is 63.4 Å². The highest BCUT2D eigenvalue weighted by Gasteiger charge is 2.32. The molecule has 0 radical (unpaired) electrons. The lowest BCUT2D eigenvalue weighted by Crippen LogP contribution is -2.55. The van der Waals surface area contributed by atoms with Gasteiger partial charge in [-0.3, -0.25) is 4.79 Å². The molecule has 8 nitrogen and oxygen atoms in total. The normalized spacial score (nSPS) is 22.7. The number of anilines is 1. The number of carbonyl (C=O) groups is 1. The Morgan fingerprint density at radius 2 is 2.10 bits per heavy atom. The number of carbonyl (C=O) groups excluding carboxylic acids is 1. The number of hydrogen-bond donors (Lipinski definition) is 0. The summed E-state index contributed by atoms with van der Waals surface area (Å²) in [5, 5.41) is 9.95. The van der Waals surface area contributed by atoms with Crippen LogP contribution in [0.2, 0.25) is 0 Å². The van der Waals surface area contributed by atoms with Gasteiger partial charge < -0.3 is 19.4 Å². The summed E-state index contributed by atoms with van der Waals surface area (Å²) < 4.78 is 6.32. The molecule has 9 heteroatoms. The van der Waals surface area contributed by atoms with E-state index in [-0.39, 0.29) is 18.4 Å². The zero-order chi connectivity index (χ0) is 28.9. The molecule has 2 fully saturated rings. The second kappa shape index (κ2) is 13.3. The summed E-state index contributed by atoms with van der Waals surface area (Å²) >= 11 is 2.01. The Labute approximate surface area is 248 Å². The molecule has 2 saturated heterocycles. The summed E-state index contributed by atoms with van der Waals surface area (Å²) in [6.07, 6.45) is 6.60. The van der Waals surface area contributed by atoms with Crippen molar-refractivity contribution in [3.8, 4) is 12.1 Å². The SMILES string of the molecule is C=CC(=O)N1CCN(c2nc(OCC3CCCN3C)nc(C[C@H]3Cc4cc(C)ccc4CS3)c2CC)CC1CC#N. The number of aromatic nitrogens is 2. The molecule has 3 atom stereocenters. The maximum atomic E-state index is 12.5. The topological polar surface area (TPSA) is 85.6 Å². The van der Waals surface area contributed by atoms with Gasteiger partial charge in [0.2, 0.25) is 5.91 Å². The third-order valence-corrected chi connectivity index (χ3v) is 10.0. The van der Waals surface area contributed by atoms with Crippen LogP contribution in [0.1, 0.15) is 54.1 Å². The number of ether oxygens (including phenoxy) is 1. The molecule has 0 aliphatic carbocycles. The number of hydrogen-bond acceptors (Lipinski definition) is 8. The number of amides is 1. The first-order valence-corrected chi connectivity index (χ1v) is 15.9. The Kier molecular flexibility index (Phi) is 9.51. The Morgan fingerprint density at radius 1 is 1.24 bits per heavy atom. The Balaban J connectivity index is 1.44. The van der Waals surface area contributed by atoms with E-state index in [0.717, 1.165) is 55.1 Å². The van der Waals surface area contributed by atoms with Gasteiger partial charge in [0.25, 0.3) is 0 Å². The number of nitriles is 1. The fourth-order valence-corrected chi connectivity index (χ4v) is 7.66. The van der Waals surface area contributed by atoms with E-state index in [9.17, 15) is 10.1 Å². The van der Waals surface area contributed by atoms with Crippen LogP contribution in [-0.4, -0.2) is 82.8 Å². The fourth-order valence-electron chi connectivity index (χ4n) is 6.39. The van der Waals surface area contributed by atoms with Gasteiger partial charge in [0, 0.05) is 48.7 Å². The van der Waals surface area contributed by atoms with E-state index in [2.05, 4.69) is 61.5 Å². The van der Waals surface area contributed by atoms with E-state index in [1.54, 1.807) is 4.90 Å². The van der Waals surface area contributed by atoms with Crippen LogP contribution >= 0.6 is 11.8 Å². The molecular formula is C32H42N6O2S. The van der Waals surface area contributed by atoms with Gasteiger partial charge in [0.05, 0.1) is 24.2 Å². The standard InChI is InChI=1S/C32H42N6O2S/c1-5-28-29(18-27-17-24-16-22(3)9-10-23(24)21-41-27)34-32(40-20-26-8-7-13-36(26)4)35-31(28)37-14-15-38(30(39)6-2)25(19-37)11-12-33/h6,9-10,16,25-27H,2,5,7-8,11,13-15,17-21H2,1,3-4H3/t25?,26?,27-/m1/s1. The van der Waals surface area contributed by atoms with Crippen LogP contribution < -0.4 is 9.64 Å². The number of nitrogens with zero attached hydrogens (tertiary/aromatic N) is 6. The first-order valence-electron chi connectivity index (χ1n) is 14.9. The van der Waals surface area contributed by atoms with Crippen LogP contribution in [0.4, 0.5) is 5.82 Å². The van der Waals surface area contributed by atoms with Crippen LogP contribution in [0.25, 0.3) is 0 Å². The molecule has 0 N–H and O–H groups in total. The molecular weight excluding hydrogens is 532 g/mol. The van der Waals surface area contributed by atoms with E-state index in [1.165, 1.54) is 29.2 Å². The molecule has 1 amide bonds. The molecule has 3 aliphatic heterocycles. The van der Waals surface area contributed by atoms with Crippen molar-refractivity contribution in [3.05, 3.63) is 58.8 Å². The average molecular weight is 575 g/mol. The van der Waals surface area contributed by atoms with Crippen LogP contribution in [-0.2, 0) is 29.8 Å². The summed E-state index contributed by atoms with van der Waals surface area (Å²) in [7, 11) is 2.15. The molecule has 0 spiro atoms. The first-order chi connectivity index (χ1) is 19.9. The maximum absolute atomic E-state index is 12.5. The van der Waals surface area contributed by atoms with Gasteiger partial charge >= 0.3 is 6.01 Å². The number of piperazine rings is 1. The quantitative estimate of drug-likeness (QED) is 0.409. The average Bonchev–Trinajstić information content (AvgIpc) is 3.39. The molecule has 5 rings (SSSR count). The van der Waals surface area contributed by atoms with Crippen molar-refractivity contribution in [2.45, 2.75) is 75.5 Å². The van der Waals surface area contributed by atoms with Crippen molar-refractivity contribution in [1.82, 2.24) is 19.8 Å². The second-order valence-corrected chi connectivity index (χ2v) is 12.8. The van der Waals surface area contributed by atoms with Gasteiger partial charge in [-0.25, -0.2) is 0 Å². The van der Waals surface area contributed by atoms with Crippen molar-refractivity contribution in [2.24, 2.45) is 0 Å². The number of aryl methyl sites for hydroxylation is 1. The van der Waals surface area contributed by atoms with Crippen molar-refractivity contribution in [2.75, 3.05) is 44.7 Å². The molecule has 0 saturated carbocycles. The summed E-state index contributed by atoms with van der Waals surface area (Å²) in [6.45, 7) is 11.4. The summed E-state index contributed by atoms with van der Waals surface area (Å²) in [6, 6.07) is 9.68. The molecule has 4 heterocycles. The van der Waals surface area contributed by atoms with Crippen molar-refractivity contribution >= 4 is 23.5 Å². The number of rotatable bonds is 9. The number of thioether (sulfide) groups is 1. The number of benzene rings is 1. The Bertz CT molecular complexity index is 1310. The van der Waals surface area contributed by atoms with E-state index in [0.29, 0.717) is 43.5 Å². The lowest BCUT2D eigenvalue weighted by atomic mass is 9.97. The van der Waals surface area contributed by atoms with Crippen LogP contribution in [0.15, 0.2) is 30.9 Å². The highest BCUT2D eigenvalue weighted by molar-refractivity contribution is 7.99. The minimum Gasteiger partial charge on any atom is -0.462 e. The number of fused-ring (bicyclic) bond motifs is 1. The van der Waals surface area contributed by atoms with E-state index < -0.39 is 0 Å². The number of likely N-dealkylation sites (N-methyl/N-ethyl adjacent to an activating group) is 1. The molecule has 0 bridgehead atoms. The largest absolute Gasteiger partial charge is 0.462 e. The minimum absolute atomic E-state index is 0.126. The van der Waals surface area contributed by atoms with E-state index in [1.807, 2.05) is 11.8 Å². The van der Waals surface area contributed by atoms with Crippen molar-refractivity contribution in [1.29, 1.82) is 5.26 Å². The summed E-state index contributed by atoms with van der Waals surface area (Å²) in [5.41, 5.74) is 6.40. The fraction of sp³-hybridized carbons (Fsp3) is 0.562. The highest BCUT2D eigenvalue weighted by atomic mass is 32.2. The van der Waals surface area contributed by atoms with Crippen LogP contribution in [0, 0.1) is 18.3 Å². The molecule has 1 aromatic carbocycles. The molecule has 2 unspecified atom stereocenters. The van der Waals surface area contributed by atoms with Gasteiger partial charge in [-0.1, -0.05) is 37.3 Å². The van der Waals surface area contributed by atoms with Crippen molar-refractivity contribution in [3.63, 3.8) is 0 Å². The Hall–Kier alpha value is -3.09. The first kappa shape index (κ1) is 29.4. The van der Waals surface area contributed by atoms with Gasteiger partial charge in [0.1, 0.15) is 12.4 Å². The predicted octanol–water partition coefficient (Wildman–Crippen LogP) is 4.34. The molecule has 2 aromatic rings. The number of likely N-dealkylation sites (tertiary alicyclic amines) is 1. The van der Waals surface area contributed by atoms with E-state index >= 15 is 0 Å². The summed E-state index contributed by atoms with van der Waals surface area (Å²) in [5.74, 6) is 1.78. The summed E-state index contributed by atoms with van der Waals surface area (Å²) in [4.78, 5) is 28.9. The zero-order valence-electron chi connectivity index (χ0n) is 24.6. The molecule has 3 aliphatic rings. The lowest BCUT2D eigenvalue weighted by molar-refractivity contribution is -0.128. The van der Waals surface area contributed by atoms with Crippen LogP contribution in [0.3, 0.4) is 0 Å². The van der Waals surface area contributed by atoms with Gasteiger partial charge in [-0.15, -0.1) is 0 Å². The molecule has 41 heavy (non-hydrogen) atoms. The van der Waals surface area contributed by atoms with Crippen molar-refractivity contribution < 1.29 is 9.53 Å². The van der Waals surface area contributed by atoms with Gasteiger partial charge in [0.15, 0.2) is 0 Å². The maximum Gasteiger partial charge on any atom is 0.318 e. The third-order valence-electron chi connectivity index (χ3n) is 8.75. The smallest absolute Gasteiger partial charge is 0.318 e. The van der Waals surface area contributed by atoms with E-state index in [4.69, 9.17) is 14.7 Å². The minimum atomic E-state index is -0.215. The van der Waals surface area contributed by atoms with Crippen LogP contribution in [0.5, 0.6) is 6.01 Å². The van der Waals surface area contributed by atoms with Gasteiger partial charge in [-0.2, -0.15) is 27.0 Å². The predicted molar refractivity (Wildman–Crippen MR) is 164 cm³/mol. The Morgan fingerprint density at radius 3 is 2.83 bits per heavy atom. The lowest BCUT2D eigenvalue weighted by Gasteiger charge is -2.41. The molecule has 218 valence electrons. The third kappa shape index (κ3) is 6.70.